The largest absolute Gasteiger partial charge is 0.474 e. The van der Waals surface area contributed by atoms with Crippen LogP contribution < -0.4 is 5.73 Å². The third kappa shape index (κ3) is 5.16. The average molecular weight is 240 g/mol. The van der Waals surface area contributed by atoms with E-state index in [4.69, 9.17) is 10.5 Å². The van der Waals surface area contributed by atoms with Crippen LogP contribution in [0.5, 0.6) is 0 Å². The molecule has 17 heavy (non-hydrogen) atoms. The number of hydrogen-bond acceptors (Lipinski definition) is 3. The van der Waals surface area contributed by atoms with Gasteiger partial charge >= 0.3 is 0 Å². The number of likely N-dealkylation sites (tertiary alicyclic amines) is 1. The van der Waals surface area contributed by atoms with E-state index >= 15 is 0 Å². The van der Waals surface area contributed by atoms with Gasteiger partial charge in [0, 0.05) is 12.2 Å². The van der Waals surface area contributed by atoms with Gasteiger partial charge in [0.25, 0.3) is 0 Å². The third-order valence-corrected chi connectivity index (χ3v) is 2.43. The number of rotatable bonds is 3. The molecule has 1 heterocycles. The maximum absolute atomic E-state index is 5.76. The summed E-state index contributed by atoms with van der Waals surface area (Å²) < 4.78 is 5.74. The van der Waals surface area contributed by atoms with E-state index in [1.54, 1.807) is 0 Å². The molecule has 0 aromatic carbocycles. The van der Waals surface area contributed by atoms with Crippen molar-refractivity contribution in [3.05, 3.63) is 24.7 Å². The van der Waals surface area contributed by atoms with Gasteiger partial charge in [-0.3, -0.25) is 0 Å². The van der Waals surface area contributed by atoms with Crippen LogP contribution in [0.4, 0.5) is 0 Å². The van der Waals surface area contributed by atoms with Gasteiger partial charge in [0.1, 0.15) is 5.60 Å². The molecule has 0 spiro atoms. The number of nitrogens with zero attached hydrogens (tertiary/aromatic N) is 1. The SMILES string of the molecule is C=C(N)C1CCCN1C(=C)OC(C)(C)C.CC. The van der Waals surface area contributed by atoms with Gasteiger partial charge in [-0.2, -0.15) is 0 Å². The zero-order valence-corrected chi connectivity index (χ0v) is 12.0. The lowest BCUT2D eigenvalue weighted by Gasteiger charge is -2.32. The van der Waals surface area contributed by atoms with Crippen LogP contribution in [-0.2, 0) is 4.74 Å². The molecule has 1 saturated heterocycles. The molecule has 0 amide bonds. The van der Waals surface area contributed by atoms with E-state index in [9.17, 15) is 0 Å². The van der Waals surface area contributed by atoms with E-state index in [2.05, 4.69) is 18.1 Å². The Balaban J connectivity index is 0.00000121. The molecule has 0 aromatic rings. The summed E-state index contributed by atoms with van der Waals surface area (Å²) in [5.41, 5.74) is 6.25. The summed E-state index contributed by atoms with van der Waals surface area (Å²) in [6.07, 6.45) is 2.16. The second kappa shape index (κ2) is 6.58. The molecule has 1 aliphatic rings. The molecule has 1 atom stereocenters. The zero-order valence-electron chi connectivity index (χ0n) is 12.0. The van der Waals surface area contributed by atoms with Crippen molar-refractivity contribution in [2.24, 2.45) is 5.73 Å². The highest BCUT2D eigenvalue weighted by atomic mass is 16.5. The van der Waals surface area contributed by atoms with Crippen molar-refractivity contribution in [1.29, 1.82) is 0 Å². The summed E-state index contributed by atoms with van der Waals surface area (Å²) in [5, 5.41) is 0. The van der Waals surface area contributed by atoms with Gasteiger partial charge in [-0.25, -0.2) is 0 Å². The van der Waals surface area contributed by atoms with Crippen molar-refractivity contribution in [2.45, 2.75) is 59.1 Å². The van der Waals surface area contributed by atoms with E-state index in [1.807, 2.05) is 34.6 Å². The van der Waals surface area contributed by atoms with Crippen molar-refractivity contribution in [3.63, 3.8) is 0 Å². The first kappa shape index (κ1) is 15.9. The van der Waals surface area contributed by atoms with Crippen LogP contribution in [0.15, 0.2) is 24.7 Å². The summed E-state index contributed by atoms with van der Waals surface area (Å²) in [4.78, 5) is 2.10. The smallest absolute Gasteiger partial charge is 0.182 e. The van der Waals surface area contributed by atoms with Crippen LogP contribution in [0.25, 0.3) is 0 Å². The molecular weight excluding hydrogens is 212 g/mol. The Morgan fingerprint density at radius 3 is 2.24 bits per heavy atom. The Kier molecular flexibility index (Phi) is 6.14. The predicted molar refractivity (Wildman–Crippen MR) is 74.4 cm³/mol. The maximum Gasteiger partial charge on any atom is 0.182 e. The fourth-order valence-corrected chi connectivity index (χ4v) is 1.86. The molecule has 0 saturated carbocycles. The number of nitrogens with two attached hydrogens (primary N) is 1. The van der Waals surface area contributed by atoms with Crippen LogP contribution in [-0.4, -0.2) is 23.1 Å². The first-order valence-electron chi connectivity index (χ1n) is 6.40. The molecule has 100 valence electrons. The fourth-order valence-electron chi connectivity index (χ4n) is 1.86. The highest BCUT2D eigenvalue weighted by Crippen LogP contribution is 2.26. The molecule has 0 aliphatic carbocycles. The lowest BCUT2D eigenvalue weighted by Crippen LogP contribution is -2.35. The average Bonchev–Trinajstić information content (AvgIpc) is 2.66. The minimum atomic E-state index is -0.208. The molecule has 1 aliphatic heterocycles. The minimum absolute atomic E-state index is 0.194. The quantitative estimate of drug-likeness (QED) is 0.770. The highest BCUT2D eigenvalue weighted by Gasteiger charge is 2.29. The Morgan fingerprint density at radius 2 is 1.82 bits per heavy atom. The number of hydrogen-bond donors (Lipinski definition) is 1. The first-order chi connectivity index (χ1) is 7.81. The van der Waals surface area contributed by atoms with E-state index < -0.39 is 0 Å². The van der Waals surface area contributed by atoms with Gasteiger partial charge in [-0.15, -0.1) is 0 Å². The zero-order chi connectivity index (χ0) is 13.6. The third-order valence-electron chi connectivity index (χ3n) is 2.43. The topological polar surface area (TPSA) is 38.5 Å². The van der Waals surface area contributed by atoms with Gasteiger partial charge in [0.15, 0.2) is 5.88 Å². The van der Waals surface area contributed by atoms with Crippen LogP contribution in [0.1, 0.15) is 47.5 Å². The van der Waals surface area contributed by atoms with Gasteiger partial charge in [-0.05, 0) is 40.2 Å². The monoisotopic (exact) mass is 240 g/mol. The molecular formula is C14H28N2O. The summed E-state index contributed by atoms with van der Waals surface area (Å²) in [5.74, 6) is 0.705. The normalized spacial score (nSPS) is 19.4. The first-order valence-corrected chi connectivity index (χ1v) is 6.40. The van der Waals surface area contributed by atoms with Gasteiger partial charge in [0.2, 0.25) is 0 Å². The standard InChI is InChI=1S/C12H22N2O.C2H6/c1-9(13)11-7-6-8-14(11)10(2)15-12(3,4)5;1-2/h11H,1-2,6-8,13H2,3-5H3;1-2H3. The van der Waals surface area contributed by atoms with E-state index in [-0.39, 0.29) is 11.6 Å². The Morgan fingerprint density at radius 1 is 1.29 bits per heavy atom. The van der Waals surface area contributed by atoms with Crippen LogP contribution in [0.3, 0.4) is 0 Å². The maximum atomic E-state index is 5.76. The molecule has 0 radical (unpaired) electrons. The Bertz CT molecular complexity index is 266. The van der Waals surface area contributed by atoms with Crippen LogP contribution >= 0.6 is 0 Å². The molecule has 1 unspecified atom stereocenters. The fraction of sp³-hybridized carbons (Fsp3) is 0.714. The van der Waals surface area contributed by atoms with Crippen molar-refractivity contribution in [3.8, 4) is 0 Å². The van der Waals surface area contributed by atoms with Crippen molar-refractivity contribution < 1.29 is 4.74 Å². The van der Waals surface area contributed by atoms with E-state index in [0.717, 1.165) is 19.4 Å². The molecule has 0 bridgehead atoms. The summed E-state index contributed by atoms with van der Waals surface area (Å²) in [6, 6.07) is 0.194. The lowest BCUT2D eigenvalue weighted by molar-refractivity contribution is 0.00258. The summed E-state index contributed by atoms with van der Waals surface area (Å²) in [7, 11) is 0. The second-order valence-corrected chi connectivity index (χ2v) is 5.03. The Hall–Kier alpha value is -1.12. The van der Waals surface area contributed by atoms with Crippen molar-refractivity contribution in [2.75, 3.05) is 6.54 Å². The van der Waals surface area contributed by atoms with Crippen LogP contribution in [0, 0.1) is 0 Å². The summed E-state index contributed by atoms with van der Waals surface area (Å²) in [6.45, 7) is 18.8. The van der Waals surface area contributed by atoms with Crippen LogP contribution in [0.2, 0.25) is 0 Å². The van der Waals surface area contributed by atoms with E-state index in [1.165, 1.54) is 0 Å². The van der Waals surface area contributed by atoms with Crippen molar-refractivity contribution >= 4 is 0 Å². The van der Waals surface area contributed by atoms with Gasteiger partial charge in [-0.1, -0.05) is 20.4 Å². The highest BCUT2D eigenvalue weighted by molar-refractivity contribution is 5.08. The minimum Gasteiger partial charge on any atom is -0.474 e. The lowest BCUT2D eigenvalue weighted by atomic mass is 10.2. The molecule has 2 N–H and O–H groups in total. The van der Waals surface area contributed by atoms with Gasteiger partial charge < -0.3 is 15.4 Å². The van der Waals surface area contributed by atoms with E-state index in [0.29, 0.717) is 11.6 Å². The second-order valence-electron chi connectivity index (χ2n) is 5.03. The predicted octanol–water partition coefficient (Wildman–Crippen LogP) is 3.24. The molecule has 0 aromatic heterocycles. The molecule has 1 fully saturated rings. The summed E-state index contributed by atoms with van der Waals surface area (Å²) >= 11 is 0. The van der Waals surface area contributed by atoms with Gasteiger partial charge in [0.05, 0.1) is 6.04 Å². The van der Waals surface area contributed by atoms with Crippen molar-refractivity contribution in [1.82, 2.24) is 4.90 Å². The molecule has 3 heteroatoms. The Labute approximate surface area is 106 Å². The molecule has 3 nitrogen and oxygen atoms in total. The number of ether oxygens (including phenoxy) is 1. The molecule has 1 rings (SSSR count).